The molecule has 0 saturated heterocycles. The van der Waals surface area contributed by atoms with E-state index >= 15 is 0 Å². The van der Waals surface area contributed by atoms with Gasteiger partial charge >= 0.3 is 0 Å². The van der Waals surface area contributed by atoms with Crippen molar-refractivity contribution in [2.24, 2.45) is 11.3 Å². The highest BCUT2D eigenvalue weighted by molar-refractivity contribution is 5.47. The Morgan fingerprint density at radius 1 is 1.18 bits per heavy atom. The molecule has 1 N–H and O–H groups in total. The maximum Gasteiger partial charge on any atom is 0.0474 e. The lowest BCUT2D eigenvalue weighted by Gasteiger charge is -2.46. The van der Waals surface area contributed by atoms with Crippen LogP contribution in [-0.2, 0) is 0 Å². The summed E-state index contributed by atoms with van der Waals surface area (Å²) in [5, 5.41) is 3.74. The molecule has 3 rings (SSSR count). The van der Waals surface area contributed by atoms with Gasteiger partial charge in [-0.25, -0.2) is 0 Å². The van der Waals surface area contributed by atoms with Crippen molar-refractivity contribution in [3.63, 3.8) is 0 Å². The van der Waals surface area contributed by atoms with Crippen LogP contribution in [-0.4, -0.2) is 6.04 Å². The molecule has 0 aromatic heterocycles. The average Bonchev–Trinajstić information content (AvgIpc) is 2.51. The zero-order valence-corrected chi connectivity index (χ0v) is 14.3. The minimum absolute atomic E-state index is 0.435. The molecule has 0 heterocycles. The Hall–Kier alpha value is -1.50. The monoisotopic (exact) mass is 295 g/mol. The van der Waals surface area contributed by atoms with Crippen molar-refractivity contribution in [1.29, 1.82) is 0 Å². The summed E-state index contributed by atoms with van der Waals surface area (Å²) in [4.78, 5) is 0. The molecule has 1 fully saturated rings. The molecule has 1 aromatic rings. The van der Waals surface area contributed by atoms with Crippen molar-refractivity contribution in [2.75, 3.05) is 5.32 Å². The zero-order valence-electron chi connectivity index (χ0n) is 14.3. The Morgan fingerprint density at radius 2 is 1.86 bits per heavy atom. The van der Waals surface area contributed by atoms with Gasteiger partial charge in [0, 0.05) is 11.7 Å². The van der Waals surface area contributed by atoms with Crippen molar-refractivity contribution < 1.29 is 0 Å². The molecule has 0 spiro atoms. The van der Waals surface area contributed by atoms with Crippen LogP contribution in [0.3, 0.4) is 0 Å². The summed E-state index contributed by atoms with van der Waals surface area (Å²) in [5.41, 5.74) is 6.34. The first-order valence-corrected chi connectivity index (χ1v) is 8.67. The van der Waals surface area contributed by atoms with E-state index in [4.69, 9.17) is 0 Å². The molecular weight excluding hydrogens is 266 g/mol. The lowest BCUT2D eigenvalue weighted by Crippen LogP contribution is -2.37. The second kappa shape index (κ2) is 5.95. The van der Waals surface area contributed by atoms with Crippen LogP contribution in [0.2, 0.25) is 0 Å². The van der Waals surface area contributed by atoms with Gasteiger partial charge in [-0.15, -0.1) is 0 Å². The fourth-order valence-corrected chi connectivity index (χ4v) is 4.38. The highest BCUT2D eigenvalue weighted by Crippen LogP contribution is 2.52. The standard InChI is InChI=1S/C21H29N/c1-15(2)17-10-12-21(4)13-11-20(16(3)19(21)14-17)22-18-8-6-5-7-9-18/h5-9,17,20,22H,1,10-14H2,2-4H3/t17-,20-,21+/m1/s1. The van der Waals surface area contributed by atoms with Gasteiger partial charge < -0.3 is 5.32 Å². The van der Waals surface area contributed by atoms with Crippen molar-refractivity contribution in [2.45, 2.75) is 58.9 Å². The van der Waals surface area contributed by atoms with Crippen LogP contribution in [0.1, 0.15) is 52.9 Å². The maximum atomic E-state index is 4.21. The largest absolute Gasteiger partial charge is 0.379 e. The van der Waals surface area contributed by atoms with E-state index in [1.807, 2.05) is 0 Å². The van der Waals surface area contributed by atoms with Gasteiger partial charge in [-0.3, -0.25) is 0 Å². The molecule has 1 heteroatoms. The number of allylic oxidation sites excluding steroid dienone is 2. The summed E-state index contributed by atoms with van der Waals surface area (Å²) < 4.78 is 0. The van der Waals surface area contributed by atoms with Gasteiger partial charge in [0.2, 0.25) is 0 Å². The van der Waals surface area contributed by atoms with Crippen molar-refractivity contribution in [1.82, 2.24) is 0 Å². The van der Waals surface area contributed by atoms with Gasteiger partial charge in [0.1, 0.15) is 0 Å². The van der Waals surface area contributed by atoms with Gasteiger partial charge in [0.15, 0.2) is 0 Å². The lowest BCUT2D eigenvalue weighted by molar-refractivity contribution is 0.225. The van der Waals surface area contributed by atoms with Crippen LogP contribution in [0, 0.1) is 11.3 Å². The molecule has 1 aromatic carbocycles. The predicted molar refractivity (Wildman–Crippen MR) is 96.0 cm³/mol. The fourth-order valence-electron chi connectivity index (χ4n) is 4.38. The number of anilines is 1. The van der Waals surface area contributed by atoms with Crippen LogP contribution < -0.4 is 5.32 Å². The second-order valence-corrected chi connectivity index (χ2v) is 7.61. The molecule has 2 aliphatic rings. The Labute approximate surface area is 135 Å². The quantitative estimate of drug-likeness (QED) is 0.678. The van der Waals surface area contributed by atoms with Crippen LogP contribution in [0.15, 0.2) is 53.6 Å². The predicted octanol–water partition coefficient (Wildman–Crippen LogP) is 5.96. The molecule has 0 amide bonds. The minimum Gasteiger partial charge on any atom is -0.379 e. The van der Waals surface area contributed by atoms with E-state index in [0.29, 0.717) is 17.4 Å². The molecule has 0 aliphatic heterocycles. The zero-order chi connectivity index (χ0) is 15.7. The third kappa shape index (κ3) is 2.86. The molecule has 118 valence electrons. The molecule has 3 atom stereocenters. The Bertz CT molecular complexity index is 583. The summed E-state index contributed by atoms with van der Waals surface area (Å²) >= 11 is 0. The first kappa shape index (κ1) is 15.4. The molecule has 0 bridgehead atoms. The first-order chi connectivity index (χ1) is 10.5. The van der Waals surface area contributed by atoms with Crippen molar-refractivity contribution in [3.05, 3.63) is 53.6 Å². The fraction of sp³-hybridized carbons (Fsp3) is 0.524. The smallest absolute Gasteiger partial charge is 0.0474 e. The second-order valence-electron chi connectivity index (χ2n) is 7.61. The van der Waals surface area contributed by atoms with Crippen LogP contribution in [0.5, 0.6) is 0 Å². The molecule has 0 unspecified atom stereocenters. The Balaban J connectivity index is 1.85. The number of nitrogens with one attached hydrogen (secondary N) is 1. The minimum atomic E-state index is 0.435. The van der Waals surface area contributed by atoms with E-state index in [-0.39, 0.29) is 0 Å². The Morgan fingerprint density at radius 3 is 2.55 bits per heavy atom. The summed E-state index contributed by atoms with van der Waals surface area (Å²) in [6, 6.07) is 11.1. The number of hydrogen-bond acceptors (Lipinski definition) is 1. The molecule has 1 saturated carbocycles. The number of para-hydroxylation sites is 1. The Kier molecular flexibility index (Phi) is 4.16. The summed E-state index contributed by atoms with van der Waals surface area (Å²) in [7, 11) is 0. The molecule has 2 aliphatic carbocycles. The highest BCUT2D eigenvalue weighted by atomic mass is 14.9. The first-order valence-electron chi connectivity index (χ1n) is 8.67. The topological polar surface area (TPSA) is 12.0 Å². The third-order valence-corrected chi connectivity index (χ3v) is 6.02. The van der Waals surface area contributed by atoms with E-state index in [1.165, 1.54) is 43.4 Å². The summed E-state index contributed by atoms with van der Waals surface area (Å²) in [6.07, 6.45) is 6.44. The SMILES string of the molecule is C=C(C)[C@@H]1CC[C@@]2(C)CC[C@@H](Nc3ccccc3)C(C)=C2C1. The van der Waals surface area contributed by atoms with Crippen molar-refractivity contribution >= 4 is 5.69 Å². The van der Waals surface area contributed by atoms with E-state index < -0.39 is 0 Å². The highest BCUT2D eigenvalue weighted by Gasteiger charge is 2.40. The van der Waals surface area contributed by atoms with Crippen LogP contribution in [0.4, 0.5) is 5.69 Å². The molecule has 22 heavy (non-hydrogen) atoms. The van der Waals surface area contributed by atoms with E-state index in [2.05, 4.69) is 63.0 Å². The van der Waals surface area contributed by atoms with Gasteiger partial charge in [0.25, 0.3) is 0 Å². The number of rotatable bonds is 3. The van der Waals surface area contributed by atoms with E-state index in [9.17, 15) is 0 Å². The van der Waals surface area contributed by atoms with Crippen molar-refractivity contribution in [3.8, 4) is 0 Å². The van der Waals surface area contributed by atoms with Crippen LogP contribution >= 0.6 is 0 Å². The number of benzene rings is 1. The lowest BCUT2D eigenvalue weighted by atomic mass is 9.60. The molecular formula is C21H29N. The maximum absolute atomic E-state index is 4.21. The van der Waals surface area contributed by atoms with E-state index in [1.54, 1.807) is 11.1 Å². The van der Waals surface area contributed by atoms with Gasteiger partial charge in [-0.05, 0) is 69.4 Å². The van der Waals surface area contributed by atoms with Gasteiger partial charge in [-0.2, -0.15) is 0 Å². The third-order valence-electron chi connectivity index (χ3n) is 6.02. The average molecular weight is 295 g/mol. The normalized spacial score (nSPS) is 31.6. The summed E-state index contributed by atoms with van der Waals surface area (Å²) in [5.74, 6) is 0.688. The van der Waals surface area contributed by atoms with Crippen LogP contribution in [0.25, 0.3) is 0 Å². The van der Waals surface area contributed by atoms with Gasteiger partial charge in [0.05, 0.1) is 0 Å². The molecule has 0 radical (unpaired) electrons. The number of fused-ring (bicyclic) bond motifs is 1. The molecule has 1 nitrogen and oxygen atoms in total. The van der Waals surface area contributed by atoms with E-state index in [0.717, 1.165) is 0 Å². The summed E-state index contributed by atoms with van der Waals surface area (Å²) in [6.45, 7) is 11.3. The van der Waals surface area contributed by atoms with Gasteiger partial charge in [-0.1, -0.05) is 48.4 Å². The number of hydrogen-bond donors (Lipinski definition) is 1.